The fourth-order valence-corrected chi connectivity index (χ4v) is 2.82. The highest BCUT2D eigenvalue weighted by molar-refractivity contribution is 14.2. The second kappa shape index (κ2) is 7.90. The monoisotopic (exact) mass is 442 g/mol. The molecular weight excluding hydrogens is 422 g/mol. The lowest BCUT2D eigenvalue weighted by Gasteiger charge is -2.14. The maximum atomic E-state index is 2.45. The van der Waals surface area contributed by atoms with Crippen molar-refractivity contribution in [1.82, 2.24) is 0 Å². The summed E-state index contributed by atoms with van der Waals surface area (Å²) >= 11 is 4.91. The Bertz CT molecular complexity index is 290. The van der Waals surface area contributed by atoms with Crippen LogP contribution >= 0.6 is 45.2 Å². The lowest BCUT2D eigenvalue weighted by atomic mass is 9.92. The van der Waals surface area contributed by atoms with Crippen LogP contribution in [-0.4, -0.2) is 0 Å². The van der Waals surface area contributed by atoms with Crippen molar-refractivity contribution < 1.29 is 0 Å². The van der Waals surface area contributed by atoms with Crippen molar-refractivity contribution in [2.24, 2.45) is 5.92 Å². The van der Waals surface area contributed by atoms with Crippen LogP contribution in [0.1, 0.15) is 46.2 Å². The summed E-state index contributed by atoms with van der Waals surface area (Å²) in [4.78, 5) is 0. The molecule has 0 radical (unpaired) electrons. The van der Waals surface area contributed by atoms with E-state index in [-0.39, 0.29) is 0 Å². The molecule has 0 N–H and O–H groups in total. The van der Waals surface area contributed by atoms with Crippen molar-refractivity contribution in [2.45, 2.75) is 41.5 Å². The first kappa shape index (κ1) is 14.7. The van der Waals surface area contributed by atoms with Crippen molar-refractivity contribution in [3.8, 4) is 0 Å². The summed E-state index contributed by atoms with van der Waals surface area (Å²) in [7, 11) is 0. The molecule has 0 aliphatic carbocycles. The smallest absolute Gasteiger partial charge is 0.0657 e. The van der Waals surface area contributed by atoms with Gasteiger partial charge in [0.25, 0.3) is 0 Å². The Morgan fingerprint density at radius 3 is 2.12 bits per heavy atom. The topological polar surface area (TPSA) is 0 Å². The Morgan fingerprint density at radius 1 is 1.06 bits per heavy atom. The molecule has 1 aromatic carbocycles. The molecular formula is C14H20I2. The molecule has 1 unspecified atom stereocenters. The minimum Gasteiger partial charge on any atom is -0.0657 e. The van der Waals surface area contributed by atoms with E-state index in [2.05, 4.69) is 83.3 Å². The van der Waals surface area contributed by atoms with E-state index in [0.717, 1.165) is 5.92 Å². The summed E-state index contributed by atoms with van der Waals surface area (Å²) in [6.07, 6.45) is 5.22. The summed E-state index contributed by atoms with van der Waals surface area (Å²) in [6.45, 7) is 4.59. The number of hydrogen-bond donors (Lipinski definition) is 0. The minimum absolute atomic E-state index is 0.585. The fourth-order valence-electron chi connectivity index (χ4n) is 1.99. The number of benzene rings is 1. The van der Waals surface area contributed by atoms with Gasteiger partial charge in [-0.15, -0.1) is 0 Å². The van der Waals surface area contributed by atoms with Gasteiger partial charge in [0.2, 0.25) is 0 Å². The van der Waals surface area contributed by atoms with Gasteiger partial charge in [-0.05, 0) is 23.5 Å². The second-order valence-corrected chi connectivity index (χ2v) is 9.18. The van der Waals surface area contributed by atoms with Gasteiger partial charge in [0.05, 0.1) is 1.93 Å². The van der Waals surface area contributed by atoms with E-state index in [0.29, 0.717) is 1.93 Å². The Kier molecular flexibility index (Phi) is 7.28. The summed E-state index contributed by atoms with van der Waals surface area (Å²) in [6, 6.07) is 9.16. The zero-order chi connectivity index (χ0) is 12.0. The van der Waals surface area contributed by atoms with E-state index >= 15 is 0 Å². The van der Waals surface area contributed by atoms with E-state index in [1.54, 1.807) is 0 Å². The Labute approximate surface area is 127 Å². The highest BCUT2D eigenvalue weighted by Crippen LogP contribution is 2.30. The Balaban J connectivity index is 2.60. The van der Waals surface area contributed by atoms with Crippen LogP contribution < -0.4 is 0 Å². The number of alkyl halides is 2. The lowest BCUT2D eigenvalue weighted by molar-refractivity contribution is 0.462. The lowest BCUT2D eigenvalue weighted by Crippen LogP contribution is -2.02. The molecule has 1 rings (SSSR count). The Hall–Kier alpha value is 0.680. The molecule has 2 heteroatoms. The van der Waals surface area contributed by atoms with Gasteiger partial charge in [0, 0.05) is 0 Å². The summed E-state index contributed by atoms with van der Waals surface area (Å²) in [5, 5.41) is 0. The third kappa shape index (κ3) is 4.90. The molecule has 0 aliphatic heterocycles. The van der Waals surface area contributed by atoms with Crippen molar-refractivity contribution in [3.05, 3.63) is 35.4 Å². The molecule has 0 bridgehead atoms. The predicted octanol–water partition coefficient (Wildman–Crippen LogP) is 5.92. The molecule has 0 amide bonds. The van der Waals surface area contributed by atoms with Gasteiger partial charge in [-0.3, -0.25) is 0 Å². The van der Waals surface area contributed by atoms with Crippen LogP contribution in [0.5, 0.6) is 0 Å². The molecule has 1 aromatic rings. The molecule has 0 spiro atoms. The zero-order valence-electron chi connectivity index (χ0n) is 10.0. The number of hydrogen-bond acceptors (Lipinski definition) is 0. The van der Waals surface area contributed by atoms with Crippen LogP contribution in [-0.2, 0) is 6.42 Å². The second-order valence-electron chi connectivity index (χ2n) is 4.31. The van der Waals surface area contributed by atoms with Crippen LogP contribution in [0.25, 0.3) is 0 Å². The predicted molar refractivity (Wildman–Crippen MR) is 89.6 cm³/mol. The third-order valence-corrected chi connectivity index (χ3v) is 4.47. The van der Waals surface area contributed by atoms with Crippen LogP contribution in [0.15, 0.2) is 24.3 Å². The zero-order valence-corrected chi connectivity index (χ0v) is 14.4. The van der Waals surface area contributed by atoms with Crippen LogP contribution in [0.3, 0.4) is 0 Å². The van der Waals surface area contributed by atoms with E-state index < -0.39 is 0 Å². The molecule has 90 valence electrons. The molecule has 0 fully saturated rings. The van der Waals surface area contributed by atoms with E-state index in [9.17, 15) is 0 Å². The van der Waals surface area contributed by atoms with E-state index in [1.807, 2.05) is 0 Å². The largest absolute Gasteiger partial charge is 0.0874 e. The normalized spacial score (nSPS) is 13.1. The van der Waals surface area contributed by atoms with Gasteiger partial charge in [0.15, 0.2) is 0 Å². The maximum Gasteiger partial charge on any atom is 0.0874 e. The fraction of sp³-hybridized carbons (Fsp3) is 0.571. The Morgan fingerprint density at radius 2 is 1.69 bits per heavy atom. The molecule has 1 atom stereocenters. The average molecular weight is 442 g/mol. The van der Waals surface area contributed by atoms with E-state index in [4.69, 9.17) is 0 Å². The summed E-state index contributed by atoms with van der Waals surface area (Å²) in [5.74, 6) is 0.867. The summed E-state index contributed by atoms with van der Waals surface area (Å²) < 4.78 is 0.585. The SMILES string of the molecule is CCCC(CC)Cc1ccc(C(I)I)cc1. The van der Waals surface area contributed by atoms with Gasteiger partial charge in [-0.2, -0.15) is 0 Å². The minimum atomic E-state index is 0.585. The first-order valence-corrected chi connectivity index (χ1v) is 8.53. The molecule has 0 saturated heterocycles. The highest BCUT2D eigenvalue weighted by atomic mass is 127. The third-order valence-electron chi connectivity index (χ3n) is 3.03. The number of rotatable bonds is 6. The van der Waals surface area contributed by atoms with Crippen LogP contribution in [0.2, 0.25) is 0 Å². The van der Waals surface area contributed by atoms with Gasteiger partial charge in [0.1, 0.15) is 0 Å². The van der Waals surface area contributed by atoms with Crippen molar-refractivity contribution in [2.75, 3.05) is 0 Å². The van der Waals surface area contributed by atoms with E-state index in [1.165, 1.54) is 36.8 Å². The first-order valence-electron chi connectivity index (χ1n) is 6.04. The van der Waals surface area contributed by atoms with Crippen LogP contribution in [0.4, 0.5) is 0 Å². The average Bonchev–Trinajstić information content (AvgIpc) is 2.29. The summed E-state index contributed by atoms with van der Waals surface area (Å²) in [5.41, 5.74) is 2.92. The van der Waals surface area contributed by atoms with Gasteiger partial charge in [-0.25, -0.2) is 0 Å². The van der Waals surface area contributed by atoms with Crippen LogP contribution in [0, 0.1) is 5.92 Å². The standard InChI is InChI=1S/C14H20I2/c1-3-5-11(4-2)10-12-6-8-13(9-7-12)14(15)16/h6-9,11,14H,3-5,10H2,1-2H3. The van der Waals surface area contributed by atoms with Gasteiger partial charge in [-0.1, -0.05) is 103 Å². The van der Waals surface area contributed by atoms with Gasteiger partial charge < -0.3 is 0 Å². The molecule has 0 heterocycles. The molecule has 0 nitrogen and oxygen atoms in total. The quantitative estimate of drug-likeness (QED) is 0.379. The van der Waals surface area contributed by atoms with Gasteiger partial charge >= 0.3 is 0 Å². The van der Waals surface area contributed by atoms with Crippen molar-refractivity contribution in [1.29, 1.82) is 0 Å². The van der Waals surface area contributed by atoms with Crippen molar-refractivity contribution in [3.63, 3.8) is 0 Å². The first-order chi connectivity index (χ1) is 7.67. The van der Waals surface area contributed by atoms with Crippen molar-refractivity contribution >= 4 is 45.2 Å². The molecule has 16 heavy (non-hydrogen) atoms. The highest BCUT2D eigenvalue weighted by Gasteiger charge is 2.07. The maximum absolute atomic E-state index is 2.45. The molecule has 0 saturated carbocycles. The molecule has 0 aromatic heterocycles. The molecule has 0 aliphatic rings. The number of halogens is 2.